The fraction of sp³-hybridized carbons (Fsp3) is 0. The largest absolute Gasteiger partial charge is 0.396 e. The lowest BCUT2D eigenvalue weighted by Crippen LogP contribution is -1.91. The molecule has 0 saturated carbocycles. The monoisotopic (exact) mass is 199 g/mol. The van der Waals surface area contributed by atoms with Crippen molar-refractivity contribution in [2.45, 2.75) is 0 Å². The third-order valence-electron chi connectivity index (χ3n) is 2.12. The molecule has 0 bridgehead atoms. The summed E-state index contributed by atoms with van der Waals surface area (Å²) in [6.45, 7) is 0. The number of hydrogen-bond acceptors (Lipinski definition) is 4. The molecule has 1 heterocycles. The lowest BCUT2D eigenvalue weighted by Gasteiger charge is -2.05. The van der Waals surface area contributed by atoms with Crippen molar-refractivity contribution in [3.8, 4) is 11.3 Å². The summed E-state index contributed by atoms with van der Waals surface area (Å²) in [5, 5.41) is 2.85. The molecule has 1 aromatic carbocycles. The molecular weight excluding hydrogens is 190 g/mol. The minimum atomic E-state index is 0.248. The number of nitroso groups, excluding NO2 is 1. The Hall–Kier alpha value is -2.23. The molecule has 0 radical (unpaired) electrons. The zero-order valence-corrected chi connectivity index (χ0v) is 7.92. The summed E-state index contributed by atoms with van der Waals surface area (Å²) >= 11 is 0. The van der Waals surface area contributed by atoms with Crippen molar-refractivity contribution in [3.63, 3.8) is 0 Å². The first-order chi connectivity index (χ1) is 7.33. The number of para-hydroxylation sites is 1. The molecule has 4 nitrogen and oxygen atoms in total. The Morgan fingerprint density at radius 1 is 1.13 bits per heavy atom. The highest BCUT2D eigenvalue weighted by atomic mass is 16.3. The molecule has 2 aromatic rings. The minimum Gasteiger partial charge on any atom is -0.396 e. The second-order valence-electron chi connectivity index (χ2n) is 3.04. The van der Waals surface area contributed by atoms with Gasteiger partial charge in [0.1, 0.15) is 5.69 Å². The van der Waals surface area contributed by atoms with Gasteiger partial charge >= 0.3 is 0 Å². The standard InChI is InChI=1S/C11H9N3O/c12-11-8(4-3-6-10(11)14-15)9-5-1-2-7-13-9/h1-7H,12H2. The fourth-order valence-corrected chi connectivity index (χ4v) is 1.38. The van der Waals surface area contributed by atoms with Crippen LogP contribution in [0.25, 0.3) is 11.3 Å². The van der Waals surface area contributed by atoms with Crippen LogP contribution in [0.4, 0.5) is 11.4 Å². The van der Waals surface area contributed by atoms with Crippen molar-refractivity contribution >= 4 is 11.4 Å². The summed E-state index contributed by atoms with van der Waals surface area (Å²) in [6.07, 6.45) is 1.68. The Morgan fingerprint density at radius 3 is 2.67 bits per heavy atom. The van der Waals surface area contributed by atoms with E-state index in [1.165, 1.54) is 0 Å². The van der Waals surface area contributed by atoms with Gasteiger partial charge in [-0.05, 0) is 23.4 Å². The zero-order chi connectivity index (χ0) is 10.7. The zero-order valence-electron chi connectivity index (χ0n) is 7.92. The topological polar surface area (TPSA) is 68.3 Å². The number of rotatable bonds is 2. The average Bonchev–Trinajstić information content (AvgIpc) is 2.30. The third-order valence-corrected chi connectivity index (χ3v) is 2.12. The smallest absolute Gasteiger partial charge is 0.131 e. The van der Waals surface area contributed by atoms with Crippen LogP contribution in [0, 0.1) is 4.91 Å². The van der Waals surface area contributed by atoms with Gasteiger partial charge in [0.2, 0.25) is 0 Å². The van der Waals surface area contributed by atoms with Crippen LogP contribution in [-0.4, -0.2) is 4.98 Å². The molecule has 2 rings (SSSR count). The molecule has 0 atom stereocenters. The molecule has 15 heavy (non-hydrogen) atoms. The second kappa shape index (κ2) is 3.88. The molecule has 74 valence electrons. The second-order valence-corrected chi connectivity index (χ2v) is 3.04. The van der Waals surface area contributed by atoms with E-state index in [0.29, 0.717) is 5.69 Å². The highest BCUT2D eigenvalue weighted by Gasteiger charge is 2.07. The van der Waals surface area contributed by atoms with E-state index >= 15 is 0 Å². The average molecular weight is 199 g/mol. The van der Waals surface area contributed by atoms with Gasteiger partial charge in [-0.3, -0.25) is 4.98 Å². The highest BCUT2D eigenvalue weighted by Crippen LogP contribution is 2.31. The van der Waals surface area contributed by atoms with E-state index in [0.717, 1.165) is 11.3 Å². The van der Waals surface area contributed by atoms with Crippen LogP contribution in [0.15, 0.2) is 47.8 Å². The normalized spacial score (nSPS) is 9.87. The Bertz CT molecular complexity index is 482. The first-order valence-electron chi connectivity index (χ1n) is 4.46. The van der Waals surface area contributed by atoms with E-state index in [2.05, 4.69) is 10.2 Å². The van der Waals surface area contributed by atoms with E-state index in [-0.39, 0.29) is 5.69 Å². The molecule has 0 unspecified atom stereocenters. The predicted molar refractivity (Wildman–Crippen MR) is 59.5 cm³/mol. The maximum Gasteiger partial charge on any atom is 0.131 e. The van der Waals surface area contributed by atoms with Crippen LogP contribution in [0.2, 0.25) is 0 Å². The number of hydrogen-bond donors (Lipinski definition) is 1. The number of aromatic nitrogens is 1. The first kappa shape index (κ1) is 9.33. The van der Waals surface area contributed by atoms with Crippen LogP contribution >= 0.6 is 0 Å². The molecule has 0 spiro atoms. The van der Waals surface area contributed by atoms with Gasteiger partial charge in [-0.25, -0.2) is 0 Å². The number of nitrogens with zero attached hydrogens (tertiary/aromatic N) is 2. The fourth-order valence-electron chi connectivity index (χ4n) is 1.38. The van der Waals surface area contributed by atoms with Gasteiger partial charge in [0.05, 0.1) is 11.4 Å². The van der Waals surface area contributed by atoms with Crippen molar-refractivity contribution in [2.75, 3.05) is 5.73 Å². The lowest BCUT2D eigenvalue weighted by molar-refractivity contribution is 1.32. The Morgan fingerprint density at radius 2 is 2.00 bits per heavy atom. The summed E-state index contributed by atoms with van der Waals surface area (Å²) < 4.78 is 0. The maximum atomic E-state index is 10.5. The Labute approximate surface area is 86.7 Å². The van der Waals surface area contributed by atoms with Gasteiger partial charge in [0, 0.05) is 11.8 Å². The van der Waals surface area contributed by atoms with Gasteiger partial charge < -0.3 is 5.73 Å². The minimum absolute atomic E-state index is 0.248. The molecule has 0 amide bonds. The van der Waals surface area contributed by atoms with Crippen LogP contribution in [0.3, 0.4) is 0 Å². The summed E-state index contributed by atoms with van der Waals surface area (Å²) in [7, 11) is 0. The summed E-state index contributed by atoms with van der Waals surface area (Å²) in [4.78, 5) is 14.6. The van der Waals surface area contributed by atoms with E-state index in [1.807, 2.05) is 24.3 Å². The lowest BCUT2D eigenvalue weighted by atomic mass is 10.1. The number of nitrogens with two attached hydrogens (primary N) is 1. The summed E-state index contributed by atoms with van der Waals surface area (Å²) in [5.74, 6) is 0. The molecule has 1 aromatic heterocycles. The molecule has 0 saturated heterocycles. The van der Waals surface area contributed by atoms with Crippen LogP contribution in [-0.2, 0) is 0 Å². The van der Waals surface area contributed by atoms with Gasteiger partial charge in [-0.2, -0.15) is 0 Å². The van der Waals surface area contributed by atoms with E-state index in [1.54, 1.807) is 18.3 Å². The van der Waals surface area contributed by atoms with Crippen LogP contribution < -0.4 is 5.73 Å². The van der Waals surface area contributed by atoms with Crippen molar-refractivity contribution in [1.29, 1.82) is 0 Å². The first-order valence-corrected chi connectivity index (χ1v) is 4.46. The number of pyridine rings is 1. The quantitative estimate of drug-likeness (QED) is 0.597. The molecule has 4 heteroatoms. The molecule has 0 fully saturated rings. The van der Waals surface area contributed by atoms with Gasteiger partial charge in [0.25, 0.3) is 0 Å². The van der Waals surface area contributed by atoms with Crippen molar-refractivity contribution in [3.05, 3.63) is 47.5 Å². The van der Waals surface area contributed by atoms with E-state index < -0.39 is 0 Å². The van der Waals surface area contributed by atoms with Gasteiger partial charge in [-0.1, -0.05) is 18.2 Å². The number of anilines is 1. The van der Waals surface area contributed by atoms with Crippen molar-refractivity contribution in [1.82, 2.24) is 4.98 Å². The Balaban J connectivity index is 2.59. The van der Waals surface area contributed by atoms with Crippen LogP contribution in [0.1, 0.15) is 0 Å². The van der Waals surface area contributed by atoms with Gasteiger partial charge in [-0.15, -0.1) is 4.91 Å². The summed E-state index contributed by atoms with van der Waals surface area (Å²) in [6, 6.07) is 10.6. The van der Waals surface area contributed by atoms with Crippen molar-refractivity contribution < 1.29 is 0 Å². The molecule has 2 N–H and O–H groups in total. The highest BCUT2D eigenvalue weighted by molar-refractivity contribution is 5.82. The number of benzene rings is 1. The third kappa shape index (κ3) is 1.69. The maximum absolute atomic E-state index is 10.5. The SMILES string of the molecule is Nc1c(N=O)cccc1-c1ccccn1. The molecule has 0 aliphatic heterocycles. The van der Waals surface area contributed by atoms with Crippen molar-refractivity contribution in [2.24, 2.45) is 5.18 Å². The molecule has 0 aliphatic rings. The van der Waals surface area contributed by atoms with E-state index in [4.69, 9.17) is 5.73 Å². The predicted octanol–water partition coefficient (Wildman–Crippen LogP) is 2.73. The number of nitrogen functional groups attached to an aromatic ring is 1. The van der Waals surface area contributed by atoms with Gasteiger partial charge in [0.15, 0.2) is 0 Å². The van der Waals surface area contributed by atoms with E-state index in [9.17, 15) is 4.91 Å². The molecule has 0 aliphatic carbocycles. The molecular formula is C11H9N3O. The van der Waals surface area contributed by atoms with Crippen LogP contribution in [0.5, 0.6) is 0 Å². The Kier molecular flexibility index (Phi) is 2.41. The summed E-state index contributed by atoms with van der Waals surface area (Å²) in [5.41, 5.74) is 7.87.